The minimum atomic E-state index is -0.0670. The van der Waals surface area contributed by atoms with Crippen molar-refractivity contribution in [3.63, 3.8) is 0 Å². The van der Waals surface area contributed by atoms with E-state index in [-0.39, 0.29) is 17.4 Å². The topological polar surface area (TPSA) is 99.9 Å². The molecule has 0 radical (unpaired) electrons. The van der Waals surface area contributed by atoms with Crippen molar-refractivity contribution >= 4 is 17.5 Å². The third kappa shape index (κ3) is 4.82. The molecule has 1 aliphatic carbocycles. The van der Waals surface area contributed by atoms with Crippen LogP contribution in [0.15, 0.2) is 42.6 Å². The molecule has 1 fully saturated rings. The Hall–Kier alpha value is -3.76. The summed E-state index contributed by atoms with van der Waals surface area (Å²) in [5.41, 5.74) is 7.24. The fourth-order valence-corrected chi connectivity index (χ4v) is 5.12. The van der Waals surface area contributed by atoms with Crippen molar-refractivity contribution in [2.75, 3.05) is 18.5 Å². The molecule has 1 amide bonds. The molecule has 7 heteroatoms. The molecule has 0 unspecified atom stereocenters. The van der Waals surface area contributed by atoms with Gasteiger partial charge in [0, 0.05) is 42.3 Å². The summed E-state index contributed by atoms with van der Waals surface area (Å²) in [5.74, 6) is 0.399. The van der Waals surface area contributed by atoms with E-state index in [1.165, 1.54) is 5.56 Å². The number of aryl methyl sites for hydroxylation is 1. The van der Waals surface area contributed by atoms with Crippen molar-refractivity contribution in [3.8, 4) is 17.3 Å². The van der Waals surface area contributed by atoms with Crippen molar-refractivity contribution in [1.29, 1.82) is 5.26 Å². The fraction of sp³-hybridized carbons (Fsp3) is 0.379. The first-order valence-corrected chi connectivity index (χ1v) is 12.5. The smallest absolute Gasteiger partial charge is 0.251 e. The SMILES string of the molecule is Cc1cc(C(=O)NC2CCOCC2)ccc1Nc1nccc(-c2cc(C#N)c3c(c2)C(C)(C)CC3)n1. The van der Waals surface area contributed by atoms with Crippen LogP contribution in [-0.2, 0) is 16.6 Å². The Balaban J connectivity index is 1.36. The van der Waals surface area contributed by atoms with Gasteiger partial charge in [0.05, 0.1) is 17.3 Å². The van der Waals surface area contributed by atoms with Crippen LogP contribution < -0.4 is 10.6 Å². The normalized spacial score (nSPS) is 16.7. The summed E-state index contributed by atoms with van der Waals surface area (Å²) in [7, 11) is 0. The quantitative estimate of drug-likeness (QED) is 0.520. The molecule has 1 aromatic heterocycles. The molecule has 1 aliphatic heterocycles. The zero-order valence-electron chi connectivity index (χ0n) is 21.0. The van der Waals surface area contributed by atoms with E-state index < -0.39 is 0 Å². The van der Waals surface area contributed by atoms with Crippen molar-refractivity contribution in [1.82, 2.24) is 15.3 Å². The van der Waals surface area contributed by atoms with Gasteiger partial charge in [0.25, 0.3) is 5.91 Å². The Labute approximate surface area is 211 Å². The summed E-state index contributed by atoms with van der Waals surface area (Å²) >= 11 is 0. The number of carbonyl (C=O) groups excluding carboxylic acids is 1. The second kappa shape index (κ2) is 9.71. The van der Waals surface area contributed by atoms with Gasteiger partial charge in [0.15, 0.2) is 0 Å². The number of rotatable bonds is 5. The molecule has 0 atom stereocenters. The number of nitrogens with zero attached hydrogens (tertiary/aromatic N) is 3. The van der Waals surface area contributed by atoms with Crippen molar-refractivity contribution < 1.29 is 9.53 Å². The lowest BCUT2D eigenvalue weighted by Crippen LogP contribution is -2.38. The summed E-state index contributed by atoms with van der Waals surface area (Å²) in [6.45, 7) is 7.79. The molecule has 0 spiro atoms. The van der Waals surface area contributed by atoms with Crippen LogP contribution in [0, 0.1) is 18.3 Å². The molecule has 2 N–H and O–H groups in total. The van der Waals surface area contributed by atoms with Crippen LogP contribution in [0.25, 0.3) is 11.3 Å². The summed E-state index contributed by atoms with van der Waals surface area (Å²) in [5, 5.41) is 16.1. The first-order chi connectivity index (χ1) is 17.3. The Kier molecular flexibility index (Phi) is 6.46. The molecule has 2 aliphatic rings. The van der Waals surface area contributed by atoms with Gasteiger partial charge in [0.2, 0.25) is 5.95 Å². The zero-order valence-corrected chi connectivity index (χ0v) is 21.0. The number of hydrogen-bond donors (Lipinski definition) is 2. The maximum atomic E-state index is 12.7. The predicted molar refractivity (Wildman–Crippen MR) is 139 cm³/mol. The van der Waals surface area contributed by atoms with Crippen LogP contribution in [0.5, 0.6) is 0 Å². The largest absolute Gasteiger partial charge is 0.381 e. The van der Waals surface area contributed by atoms with Crippen LogP contribution in [0.4, 0.5) is 11.6 Å². The fourth-order valence-electron chi connectivity index (χ4n) is 5.12. The van der Waals surface area contributed by atoms with Crippen LogP contribution in [0.1, 0.15) is 65.7 Å². The van der Waals surface area contributed by atoms with Gasteiger partial charge < -0.3 is 15.4 Å². The first-order valence-electron chi connectivity index (χ1n) is 12.5. The lowest BCUT2D eigenvalue weighted by atomic mass is 9.84. The van der Waals surface area contributed by atoms with Crippen LogP contribution in [0.2, 0.25) is 0 Å². The number of anilines is 2. The average Bonchev–Trinajstić information content (AvgIpc) is 3.20. The van der Waals surface area contributed by atoms with Gasteiger partial charge in [-0.1, -0.05) is 13.8 Å². The Morgan fingerprint density at radius 2 is 1.97 bits per heavy atom. The van der Waals surface area contributed by atoms with Crippen molar-refractivity contribution in [3.05, 3.63) is 70.4 Å². The number of hydrogen-bond acceptors (Lipinski definition) is 6. The molecule has 1 saturated heterocycles. The molecule has 2 aromatic carbocycles. The summed E-state index contributed by atoms with van der Waals surface area (Å²) in [6.07, 6.45) is 5.38. The van der Waals surface area contributed by atoms with E-state index in [0.29, 0.717) is 24.7 Å². The highest BCUT2D eigenvalue weighted by molar-refractivity contribution is 5.95. The first kappa shape index (κ1) is 24.0. The van der Waals surface area contributed by atoms with Gasteiger partial charge in [0.1, 0.15) is 0 Å². The summed E-state index contributed by atoms with van der Waals surface area (Å²) < 4.78 is 5.37. The van der Waals surface area contributed by atoms with E-state index in [9.17, 15) is 10.1 Å². The maximum Gasteiger partial charge on any atom is 0.251 e. The number of ether oxygens (including phenoxy) is 1. The minimum absolute atomic E-state index is 0.0426. The second-order valence-electron chi connectivity index (χ2n) is 10.3. The van der Waals surface area contributed by atoms with Gasteiger partial charge in [-0.25, -0.2) is 9.97 Å². The second-order valence-corrected chi connectivity index (χ2v) is 10.3. The molecule has 7 nitrogen and oxygen atoms in total. The molecule has 2 heterocycles. The summed E-state index contributed by atoms with van der Waals surface area (Å²) in [6, 6.07) is 14.1. The van der Waals surface area contributed by atoms with Crippen molar-refractivity contribution in [2.24, 2.45) is 0 Å². The average molecular weight is 482 g/mol. The van der Waals surface area contributed by atoms with E-state index in [4.69, 9.17) is 9.72 Å². The monoisotopic (exact) mass is 481 g/mol. The number of aromatic nitrogens is 2. The number of benzene rings is 2. The Morgan fingerprint density at radius 1 is 1.17 bits per heavy atom. The Bertz CT molecular complexity index is 1350. The van der Waals surface area contributed by atoms with Crippen LogP contribution in [-0.4, -0.2) is 35.1 Å². The Morgan fingerprint density at radius 3 is 2.72 bits per heavy atom. The van der Waals surface area contributed by atoms with Gasteiger partial charge in [-0.3, -0.25) is 4.79 Å². The van der Waals surface area contributed by atoms with Gasteiger partial charge in [-0.15, -0.1) is 0 Å². The molecule has 0 saturated carbocycles. The highest BCUT2D eigenvalue weighted by Gasteiger charge is 2.32. The highest BCUT2D eigenvalue weighted by Crippen LogP contribution is 2.41. The zero-order chi connectivity index (χ0) is 25.3. The molecule has 0 bridgehead atoms. The van der Waals surface area contributed by atoms with Gasteiger partial charge in [-0.2, -0.15) is 5.26 Å². The number of nitriles is 1. The molecule has 5 rings (SSSR count). The lowest BCUT2D eigenvalue weighted by molar-refractivity contribution is 0.0696. The number of amides is 1. The third-order valence-corrected chi connectivity index (χ3v) is 7.34. The van der Waals surface area contributed by atoms with Crippen LogP contribution in [0.3, 0.4) is 0 Å². The predicted octanol–water partition coefficient (Wildman–Crippen LogP) is 5.20. The molecular formula is C29H31N5O2. The molecule has 184 valence electrons. The highest BCUT2D eigenvalue weighted by atomic mass is 16.5. The molecule has 3 aromatic rings. The van der Waals surface area contributed by atoms with E-state index >= 15 is 0 Å². The number of nitrogens with one attached hydrogen (secondary N) is 2. The number of fused-ring (bicyclic) bond motifs is 1. The van der Waals surface area contributed by atoms with Crippen LogP contribution >= 0.6 is 0 Å². The van der Waals surface area contributed by atoms with Crippen molar-refractivity contribution in [2.45, 2.75) is 57.9 Å². The van der Waals surface area contributed by atoms with E-state index in [2.05, 4.69) is 41.6 Å². The molecular weight excluding hydrogens is 450 g/mol. The van der Waals surface area contributed by atoms with Gasteiger partial charge >= 0.3 is 0 Å². The van der Waals surface area contributed by atoms with E-state index in [1.807, 2.05) is 37.3 Å². The third-order valence-electron chi connectivity index (χ3n) is 7.34. The molecule has 36 heavy (non-hydrogen) atoms. The van der Waals surface area contributed by atoms with E-state index in [0.717, 1.165) is 59.3 Å². The maximum absolute atomic E-state index is 12.7. The lowest BCUT2D eigenvalue weighted by Gasteiger charge is -2.23. The van der Waals surface area contributed by atoms with E-state index in [1.54, 1.807) is 6.20 Å². The van der Waals surface area contributed by atoms with Gasteiger partial charge in [-0.05, 0) is 91.1 Å². The standard InChI is InChI=1S/C29H31N5O2/c1-18-14-19(27(35)32-22-8-12-36-13-9-22)4-5-25(18)33-28-31-11-7-26(34-28)20-15-21(17-30)23-6-10-29(2,3)24(23)16-20/h4-5,7,11,14-16,22H,6,8-10,12-13H2,1-3H3,(H,32,35)(H,31,33,34). The minimum Gasteiger partial charge on any atom is -0.381 e. The number of carbonyl (C=O) groups is 1. The summed E-state index contributed by atoms with van der Waals surface area (Å²) in [4.78, 5) is 21.8.